The third-order valence-corrected chi connectivity index (χ3v) is 5.06. The average Bonchev–Trinajstić information content (AvgIpc) is 2.74. The van der Waals surface area contributed by atoms with E-state index in [1.807, 2.05) is 11.8 Å². The fourth-order valence-electron chi connectivity index (χ4n) is 3.36. The van der Waals surface area contributed by atoms with Gasteiger partial charge in [0.15, 0.2) is 5.69 Å². The third kappa shape index (κ3) is 3.31. The lowest BCUT2D eigenvalue weighted by molar-refractivity contribution is 0.0736. The van der Waals surface area contributed by atoms with Gasteiger partial charge in [0, 0.05) is 50.1 Å². The number of hydrogen-bond donors (Lipinski definition) is 0. The number of amides is 1. The first-order valence-corrected chi connectivity index (χ1v) is 9.48. The van der Waals surface area contributed by atoms with Gasteiger partial charge < -0.3 is 9.80 Å². The maximum atomic E-state index is 13.0. The Kier molecular flexibility index (Phi) is 4.95. The largest absolute Gasteiger partial charge is 0.337 e. The molecule has 0 spiro atoms. The zero-order chi connectivity index (χ0) is 19.7. The predicted molar refractivity (Wildman–Crippen MR) is 107 cm³/mol. The second-order valence-corrected chi connectivity index (χ2v) is 6.92. The number of benzene rings is 1. The lowest BCUT2D eigenvalue weighted by Crippen LogP contribution is -2.50. The molecule has 1 aliphatic heterocycles. The molecular weight excluding hydrogens is 380 g/mol. The molecule has 3 aromatic rings. The number of aryl methyl sites for hydroxylation is 1. The summed E-state index contributed by atoms with van der Waals surface area (Å²) in [5.74, 6) is 0.282. The van der Waals surface area contributed by atoms with Crippen molar-refractivity contribution in [1.29, 1.82) is 0 Å². The summed E-state index contributed by atoms with van der Waals surface area (Å²) in [5.41, 5.74) is 0.210. The molecule has 1 fully saturated rings. The van der Waals surface area contributed by atoms with Crippen LogP contribution in [0.15, 0.2) is 41.5 Å². The molecular formula is C19H19ClN6O2. The summed E-state index contributed by atoms with van der Waals surface area (Å²) in [5, 5.41) is 5.19. The van der Waals surface area contributed by atoms with Crippen molar-refractivity contribution in [3.8, 4) is 0 Å². The van der Waals surface area contributed by atoms with E-state index >= 15 is 0 Å². The maximum absolute atomic E-state index is 13.0. The molecule has 0 saturated carbocycles. The van der Waals surface area contributed by atoms with E-state index in [1.165, 1.54) is 0 Å². The van der Waals surface area contributed by atoms with Crippen LogP contribution in [0, 0.1) is 0 Å². The van der Waals surface area contributed by atoms with Crippen LogP contribution in [-0.2, 0) is 6.54 Å². The summed E-state index contributed by atoms with van der Waals surface area (Å²) in [4.78, 5) is 38.1. The minimum Gasteiger partial charge on any atom is -0.337 e. The van der Waals surface area contributed by atoms with Crippen LogP contribution < -0.4 is 10.3 Å². The van der Waals surface area contributed by atoms with Gasteiger partial charge in [-0.15, -0.1) is 0 Å². The SMILES string of the molecule is CCn1nc(C(=O)N2CCN(c3ncccn3)CC2)c(=O)c2cc(Cl)ccc21. The molecule has 1 saturated heterocycles. The molecule has 0 bridgehead atoms. The number of anilines is 1. The molecule has 1 amide bonds. The Hall–Kier alpha value is -3.00. The van der Waals surface area contributed by atoms with Gasteiger partial charge in [0.05, 0.1) is 10.9 Å². The summed E-state index contributed by atoms with van der Waals surface area (Å²) in [7, 11) is 0. The Morgan fingerprint density at radius 2 is 1.86 bits per heavy atom. The van der Waals surface area contributed by atoms with Gasteiger partial charge in [-0.2, -0.15) is 5.10 Å². The fraction of sp³-hybridized carbons (Fsp3) is 0.316. The number of aromatic nitrogens is 4. The highest BCUT2D eigenvalue weighted by Crippen LogP contribution is 2.17. The molecule has 1 aromatic carbocycles. The molecule has 144 valence electrons. The average molecular weight is 399 g/mol. The van der Waals surface area contributed by atoms with Gasteiger partial charge in [-0.3, -0.25) is 14.3 Å². The van der Waals surface area contributed by atoms with Crippen LogP contribution in [0.3, 0.4) is 0 Å². The van der Waals surface area contributed by atoms with Crippen LogP contribution in [0.25, 0.3) is 10.9 Å². The van der Waals surface area contributed by atoms with Gasteiger partial charge in [-0.05, 0) is 31.2 Å². The van der Waals surface area contributed by atoms with Crippen molar-refractivity contribution in [2.45, 2.75) is 13.5 Å². The summed E-state index contributed by atoms with van der Waals surface area (Å²) in [6, 6.07) is 6.82. The second-order valence-electron chi connectivity index (χ2n) is 6.48. The van der Waals surface area contributed by atoms with E-state index < -0.39 is 0 Å². The summed E-state index contributed by atoms with van der Waals surface area (Å²) >= 11 is 6.06. The topological polar surface area (TPSA) is 84.2 Å². The van der Waals surface area contributed by atoms with Crippen LogP contribution in [0.1, 0.15) is 17.4 Å². The standard InChI is InChI=1S/C19H19ClN6O2/c1-2-26-15-5-4-13(20)12-14(15)17(27)16(23-26)18(28)24-8-10-25(11-9-24)19-21-6-3-7-22-19/h3-7,12H,2,8-11H2,1H3. The zero-order valence-electron chi connectivity index (χ0n) is 15.4. The molecule has 0 radical (unpaired) electrons. The number of carbonyl (C=O) groups is 1. The van der Waals surface area contributed by atoms with E-state index in [1.54, 1.807) is 46.2 Å². The third-order valence-electron chi connectivity index (χ3n) is 4.82. The van der Waals surface area contributed by atoms with Crippen molar-refractivity contribution < 1.29 is 4.79 Å². The number of piperazine rings is 1. The lowest BCUT2D eigenvalue weighted by Gasteiger charge is -2.34. The monoisotopic (exact) mass is 398 g/mol. The van der Waals surface area contributed by atoms with Crippen LogP contribution in [0.2, 0.25) is 5.02 Å². The molecule has 28 heavy (non-hydrogen) atoms. The first-order valence-electron chi connectivity index (χ1n) is 9.10. The van der Waals surface area contributed by atoms with Gasteiger partial charge in [-0.25, -0.2) is 9.97 Å². The van der Waals surface area contributed by atoms with Gasteiger partial charge in [0.2, 0.25) is 11.4 Å². The van der Waals surface area contributed by atoms with E-state index in [9.17, 15) is 9.59 Å². The number of hydrogen-bond acceptors (Lipinski definition) is 6. The predicted octanol–water partition coefficient (Wildman–Crippen LogP) is 1.82. The number of carbonyl (C=O) groups excluding carboxylic acids is 1. The van der Waals surface area contributed by atoms with E-state index in [0.717, 1.165) is 0 Å². The van der Waals surface area contributed by atoms with Crippen molar-refractivity contribution in [1.82, 2.24) is 24.6 Å². The smallest absolute Gasteiger partial charge is 0.278 e. The maximum Gasteiger partial charge on any atom is 0.278 e. The Balaban J connectivity index is 1.61. The van der Waals surface area contributed by atoms with Crippen molar-refractivity contribution in [3.05, 3.63) is 57.6 Å². The second kappa shape index (κ2) is 7.55. The van der Waals surface area contributed by atoms with Crippen molar-refractivity contribution >= 4 is 34.4 Å². The fourth-order valence-corrected chi connectivity index (χ4v) is 3.53. The Morgan fingerprint density at radius 1 is 1.14 bits per heavy atom. The molecule has 0 atom stereocenters. The van der Waals surface area contributed by atoms with Crippen LogP contribution in [-0.4, -0.2) is 56.7 Å². The molecule has 2 aromatic heterocycles. The van der Waals surface area contributed by atoms with Crippen LogP contribution in [0.4, 0.5) is 5.95 Å². The normalized spacial score (nSPS) is 14.5. The zero-order valence-corrected chi connectivity index (χ0v) is 16.1. The number of rotatable bonds is 3. The summed E-state index contributed by atoms with van der Waals surface area (Å²) in [6.45, 7) is 4.58. The molecule has 9 heteroatoms. The molecule has 3 heterocycles. The molecule has 1 aliphatic rings. The van der Waals surface area contributed by atoms with E-state index in [2.05, 4.69) is 15.1 Å². The molecule has 0 unspecified atom stereocenters. The van der Waals surface area contributed by atoms with Crippen molar-refractivity contribution in [2.24, 2.45) is 0 Å². The van der Waals surface area contributed by atoms with Crippen molar-refractivity contribution in [3.63, 3.8) is 0 Å². The minimum absolute atomic E-state index is 0.0685. The van der Waals surface area contributed by atoms with Gasteiger partial charge >= 0.3 is 0 Å². The minimum atomic E-state index is -0.388. The van der Waals surface area contributed by atoms with Gasteiger partial charge in [-0.1, -0.05) is 11.6 Å². The Morgan fingerprint density at radius 3 is 2.54 bits per heavy atom. The number of fused-ring (bicyclic) bond motifs is 1. The van der Waals surface area contributed by atoms with Gasteiger partial charge in [0.25, 0.3) is 5.91 Å². The first kappa shape index (κ1) is 18.4. The highest BCUT2D eigenvalue weighted by atomic mass is 35.5. The number of halogens is 1. The Labute approximate surface area is 166 Å². The van der Waals surface area contributed by atoms with Crippen molar-refractivity contribution in [2.75, 3.05) is 31.1 Å². The molecule has 4 rings (SSSR count). The Bertz CT molecular complexity index is 1080. The summed E-state index contributed by atoms with van der Waals surface area (Å²) < 4.78 is 1.66. The summed E-state index contributed by atoms with van der Waals surface area (Å²) in [6.07, 6.45) is 3.38. The quantitative estimate of drug-likeness (QED) is 0.669. The van der Waals surface area contributed by atoms with E-state index in [0.29, 0.717) is 54.6 Å². The van der Waals surface area contributed by atoms with E-state index in [-0.39, 0.29) is 17.0 Å². The molecule has 8 nitrogen and oxygen atoms in total. The van der Waals surface area contributed by atoms with E-state index in [4.69, 9.17) is 11.6 Å². The van der Waals surface area contributed by atoms with Crippen LogP contribution >= 0.6 is 11.6 Å². The highest BCUT2D eigenvalue weighted by Gasteiger charge is 2.27. The molecule has 0 aliphatic carbocycles. The molecule has 0 N–H and O–H groups in total. The number of nitrogens with zero attached hydrogens (tertiary/aromatic N) is 6. The first-order chi connectivity index (χ1) is 13.6. The lowest BCUT2D eigenvalue weighted by atomic mass is 10.1. The van der Waals surface area contributed by atoms with Crippen LogP contribution in [0.5, 0.6) is 0 Å². The highest BCUT2D eigenvalue weighted by molar-refractivity contribution is 6.31. The van der Waals surface area contributed by atoms with Gasteiger partial charge in [0.1, 0.15) is 0 Å².